The van der Waals surface area contributed by atoms with Crippen LogP contribution in [0.4, 0.5) is 5.69 Å². The van der Waals surface area contributed by atoms with Gasteiger partial charge < -0.3 is 4.90 Å². The second kappa shape index (κ2) is 7.93. The van der Waals surface area contributed by atoms with E-state index in [2.05, 4.69) is 51.8 Å². The van der Waals surface area contributed by atoms with Gasteiger partial charge in [-0.2, -0.15) is 10.5 Å². The predicted molar refractivity (Wildman–Crippen MR) is 147 cm³/mol. The minimum absolute atomic E-state index is 0.286. The van der Waals surface area contributed by atoms with Gasteiger partial charge in [-0.15, -0.1) is 0 Å². The fourth-order valence-corrected chi connectivity index (χ4v) is 9.75. The zero-order chi connectivity index (χ0) is 24.7. The quantitative estimate of drug-likeness (QED) is 0.387. The van der Waals surface area contributed by atoms with Gasteiger partial charge >= 0.3 is 0 Å². The van der Waals surface area contributed by atoms with Gasteiger partial charge in [-0.25, -0.2) is 0 Å². The Balaban J connectivity index is 1.46. The van der Waals surface area contributed by atoms with Crippen LogP contribution in [0, 0.1) is 54.8 Å². The minimum atomic E-state index is -1.35. The lowest BCUT2D eigenvalue weighted by Crippen LogP contribution is -2.56. The average molecular weight is 585 g/mol. The SMILES string of the molecule is N#CC1(C#N)[C@H](c2ccccc2I)[C@@H](C(=O)C23CC4CC(CC(C4)C2)C3)N2c3ccccc3C=C[C@@H]21. The van der Waals surface area contributed by atoms with E-state index < -0.39 is 23.4 Å². The molecule has 4 bridgehead atoms. The molecule has 4 aliphatic carbocycles. The molecule has 2 aromatic carbocycles. The number of Topliss-reactive ketones (excluding diaryl/α,β-unsaturated/α-hetero) is 1. The molecule has 3 atom stereocenters. The number of fused-ring (bicyclic) bond motifs is 3. The molecule has 5 heteroatoms. The molecule has 0 unspecified atom stereocenters. The molecular formula is C31H28IN3O. The normalized spacial score (nSPS) is 36.6. The van der Waals surface area contributed by atoms with Gasteiger partial charge in [0, 0.05) is 20.6 Å². The third-order valence-corrected chi connectivity index (χ3v) is 11.0. The first-order valence-corrected chi connectivity index (χ1v) is 14.2. The number of carbonyl (C=O) groups is 1. The van der Waals surface area contributed by atoms with Crippen molar-refractivity contribution >= 4 is 40.1 Å². The Labute approximate surface area is 226 Å². The number of nitrogens with zero attached hydrogens (tertiary/aromatic N) is 3. The second-order valence-electron chi connectivity index (χ2n) is 11.9. The third kappa shape index (κ3) is 2.93. The number of para-hydroxylation sites is 1. The summed E-state index contributed by atoms with van der Waals surface area (Å²) in [5, 5.41) is 21.4. The predicted octanol–water partition coefficient (Wildman–Crippen LogP) is 6.48. The second-order valence-corrected chi connectivity index (χ2v) is 13.0. The number of anilines is 1. The highest BCUT2D eigenvalue weighted by molar-refractivity contribution is 14.1. The van der Waals surface area contributed by atoms with Crippen molar-refractivity contribution in [1.29, 1.82) is 10.5 Å². The average Bonchev–Trinajstić information content (AvgIpc) is 3.18. The van der Waals surface area contributed by atoms with E-state index in [1.54, 1.807) is 0 Å². The molecule has 4 saturated carbocycles. The van der Waals surface area contributed by atoms with Gasteiger partial charge in [-0.3, -0.25) is 4.79 Å². The molecule has 36 heavy (non-hydrogen) atoms. The molecule has 6 aliphatic rings. The summed E-state index contributed by atoms with van der Waals surface area (Å²) < 4.78 is 1.01. The molecule has 2 aromatic rings. The first kappa shape index (κ1) is 22.5. The zero-order valence-electron chi connectivity index (χ0n) is 20.1. The largest absolute Gasteiger partial charge is 0.351 e. The summed E-state index contributed by atoms with van der Waals surface area (Å²) in [4.78, 5) is 17.3. The number of benzene rings is 2. The van der Waals surface area contributed by atoms with Gasteiger partial charge in [0.05, 0.1) is 24.2 Å². The van der Waals surface area contributed by atoms with E-state index in [0.717, 1.165) is 39.6 Å². The van der Waals surface area contributed by atoms with Crippen LogP contribution in [0.5, 0.6) is 0 Å². The molecule has 0 spiro atoms. The van der Waals surface area contributed by atoms with Crippen molar-refractivity contribution in [2.45, 2.75) is 56.5 Å². The standard InChI is InChI=1S/C31H28IN3O/c32-24-7-3-2-6-23(24)27-28(29(36)30-14-19-11-20(15-30)13-21(12-19)16-30)35-25-8-4-1-5-22(25)9-10-26(35)31(27,17-33)18-34/h1-10,19-21,26-28H,11-16H2/t19?,20?,21?,26-,27-,28+,30?/m1/s1. The molecule has 0 radical (unpaired) electrons. The molecule has 2 heterocycles. The van der Waals surface area contributed by atoms with Crippen LogP contribution in [-0.4, -0.2) is 17.9 Å². The number of ketones is 1. The summed E-state index contributed by atoms with van der Waals surface area (Å²) in [5.74, 6) is 1.73. The lowest BCUT2D eigenvalue weighted by molar-refractivity contribution is -0.145. The van der Waals surface area contributed by atoms with Crippen LogP contribution in [0.15, 0.2) is 54.6 Å². The molecule has 2 aliphatic heterocycles. The van der Waals surface area contributed by atoms with Gasteiger partial charge in [0.2, 0.25) is 0 Å². The van der Waals surface area contributed by atoms with Crippen molar-refractivity contribution < 1.29 is 4.79 Å². The van der Waals surface area contributed by atoms with Crippen LogP contribution < -0.4 is 4.90 Å². The summed E-state index contributed by atoms with van der Waals surface area (Å²) in [5.41, 5.74) is 1.29. The van der Waals surface area contributed by atoms with Crippen LogP contribution in [0.2, 0.25) is 0 Å². The van der Waals surface area contributed by atoms with E-state index >= 15 is 4.79 Å². The Hall–Kier alpha value is -2.64. The van der Waals surface area contributed by atoms with Crippen molar-refractivity contribution in [1.82, 2.24) is 0 Å². The molecule has 180 valence electrons. The number of hydrogen-bond acceptors (Lipinski definition) is 4. The maximum atomic E-state index is 15.1. The summed E-state index contributed by atoms with van der Waals surface area (Å²) in [7, 11) is 0. The monoisotopic (exact) mass is 585 g/mol. The van der Waals surface area contributed by atoms with Crippen LogP contribution in [0.3, 0.4) is 0 Å². The number of rotatable bonds is 3. The third-order valence-electron chi connectivity index (χ3n) is 9.99. The van der Waals surface area contributed by atoms with Crippen LogP contribution in [-0.2, 0) is 4.79 Å². The molecule has 0 aromatic heterocycles. The maximum absolute atomic E-state index is 15.1. The first-order chi connectivity index (χ1) is 17.5. The number of nitriles is 2. The van der Waals surface area contributed by atoms with Crippen molar-refractivity contribution in [2.75, 3.05) is 4.90 Å². The molecule has 0 amide bonds. The smallest absolute Gasteiger partial charge is 0.176 e. The fourth-order valence-electron chi connectivity index (χ4n) is 9.03. The van der Waals surface area contributed by atoms with Crippen LogP contribution >= 0.6 is 22.6 Å². The van der Waals surface area contributed by atoms with Gasteiger partial charge in [-0.05, 0) is 102 Å². The Morgan fingerprint density at radius 3 is 2.17 bits per heavy atom. The Bertz CT molecular complexity index is 1330. The van der Waals surface area contributed by atoms with Crippen LogP contribution in [0.25, 0.3) is 6.08 Å². The summed E-state index contributed by atoms with van der Waals surface area (Å²) in [6, 6.07) is 20.1. The lowest BCUT2D eigenvalue weighted by atomic mass is 9.47. The summed E-state index contributed by atoms with van der Waals surface area (Å²) in [6.07, 6.45) is 10.8. The molecule has 4 nitrogen and oxygen atoms in total. The van der Waals surface area contributed by atoms with Gasteiger partial charge in [0.15, 0.2) is 11.2 Å². The number of hydrogen-bond donors (Lipinski definition) is 0. The zero-order valence-corrected chi connectivity index (χ0v) is 22.3. The van der Waals surface area contributed by atoms with E-state index in [4.69, 9.17) is 0 Å². The Kier molecular flexibility index (Phi) is 4.97. The van der Waals surface area contributed by atoms with E-state index in [1.807, 2.05) is 48.6 Å². The molecule has 0 N–H and O–H groups in total. The highest BCUT2D eigenvalue weighted by Crippen LogP contribution is 2.64. The van der Waals surface area contributed by atoms with Crippen molar-refractivity contribution in [3.8, 4) is 12.1 Å². The topological polar surface area (TPSA) is 67.9 Å². The fraction of sp³-hybridized carbons (Fsp3) is 0.452. The van der Waals surface area contributed by atoms with Crippen molar-refractivity contribution in [2.24, 2.45) is 28.6 Å². The van der Waals surface area contributed by atoms with Crippen LogP contribution in [0.1, 0.15) is 55.6 Å². The van der Waals surface area contributed by atoms with Crippen molar-refractivity contribution in [3.05, 3.63) is 69.3 Å². The Morgan fingerprint density at radius 1 is 0.917 bits per heavy atom. The highest BCUT2D eigenvalue weighted by Gasteiger charge is 2.67. The minimum Gasteiger partial charge on any atom is -0.351 e. The maximum Gasteiger partial charge on any atom is 0.176 e. The number of carbonyl (C=O) groups excluding carboxylic acids is 1. The van der Waals surface area contributed by atoms with E-state index in [9.17, 15) is 10.5 Å². The van der Waals surface area contributed by atoms with Gasteiger partial charge in [-0.1, -0.05) is 48.6 Å². The van der Waals surface area contributed by atoms with E-state index in [-0.39, 0.29) is 11.2 Å². The van der Waals surface area contributed by atoms with E-state index in [0.29, 0.717) is 17.8 Å². The van der Waals surface area contributed by atoms with E-state index in [1.165, 1.54) is 19.3 Å². The molecule has 1 saturated heterocycles. The lowest BCUT2D eigenvalue weighted by Gasteiger charge is -2.57. The summed E-state index contributed by atoms with van der Waals surface area (Å²) >= 11 is 2.31. The van der Waals surface area contributed by atoms with Crippen molar-refractivity contribution in [3.63, 3.8) is 0 Å². The molecule has 8 rings (SSSR count). The number of halogens is 1. The molecular weight excluding hydrogens is 557 g/mol. The Morgan fingerprint density at radius 2 is 1.53 bits per heavy atom. The molecule has 5 fully saturated rings. The summed E-state index contributed by atoms with van der Waals surface area (Å²) in [6.45, 7) is 0. The van der Waals surface area contributed by atoms with Gasteiger partial charge in [0.1, 0.15) is 0 Å². The first-order valence-electron chi connectivity index (χ1n) is 13.2. The van der Waals surface area contributed by atoms with Gasteiger partial charge in [0.25, 0.3) is 0 Å². The highest BCUT2D eigenvalue weighted by atomic mass is 127.